The zero-order valence-corrected chi connectivity index (χ0v) is 18.7. The van der Waals surface area contributed by atoms with Crippen molar-refractivity contribution in [2.75, 3.05) is 11.9 Å². The van der Waals surface area contributed by atoms with Crippen LogP contribution in [0.15, 0.2) is 66.9 Å². The Hall–Kier alpha value is -4.20. The number of hydrogen-bond donors (Lipinski definition) is 3. The largest absolute Gasteiger partial charge is 0.480 e. The number of amides is 2. The lowest BCUT2D eigenvalue weighted by atomic mass is 9.98. The first kappa shape index (κ1) is 23.0. The number of benzene rings is 2. The molecule has 1 heterocycles. The molecule has 0 fully saturated rings. The van der Waals surface area contributed by atoms with Crippen LogP contribution in [0.1, 0.15) is 36.1 Å². The normalized spacial score (nSPS) is 12.9. The van der Waals surface area contributed by atoms with Gasteiger partial charge in [0.25, 0.3) is 0 Å². The summed E-state index contributed by atoms with van der Waals surface area (Å²) in [4.78, 5) is 39.6. The standard InChI is InChI=1S/C26H25N3O5/c1-2-23(25(31)32)29-24(30)13-16-11-12-17(14-27-16)28-26(33)34-15-22-20-9-5-3-7-18(20)19-8-4-6-10-21(19)22/h3-12,14,22-23H,2,13,15H2,1H3,(H,28,33)(H,29,30)(H,31,32). The second kappa shape index (κ2) is 10.2. The van der Waals surface area contributed by atoms with Crippen LogP contribution in [-0.2, 0) is 20.7 Å². The van der Waals surface area contributed by atoms with E-state index in [0.29, 0.717) is 11.4 Å². The third-order valence-corrected chi connectivity index (χ3v) is 5.80. The van der Waals surface area contributed by atoms with Gasteiger partial charge < -0.3 is 15.2 Å². The van der Waals surface area contributed by atoms with Gasteiger partial charge >= 0.3 is 12.1 Å². The van der Waals surface area contributed by atoms with Gasteiger partial charge in [0.1, 0.15) is 12.6 Å². The van der Waals surface area contributed by atoms with Crippen LogP contribution in [0.3, 0.4) is 0 Å². The zero-order valence-electron chi connectivity index (χ0n) is 18.7. The molecule has 2 aromatic carbocycles. The first-order valence-corrected chi connectivity index (χ1v) is 11.1. The molecule has 34 heavy (non-hydrogen) atoms. The van der Waals surface area contributed by atoms with E-state index in [9.17, 15) is 14.4 Å². The van der Waals surface area contributed by atoms with Gasteiger partial charge in [-0.2, -0.15) is 0 Å². The molecule has 3 N–H and O–H groups in total. The third kappa shape index (κ3) is 5.06. The first-order chi connectivity index (χ1) is 16.5. The molecule has 2 amide bonds. The molecule has 1 unspecified atom stereocenters. The van der Waals surface area contributed by atoms with Crippen LogP contribution in [0.4, 0.5) is 10.5 Å². The van der Waals surface area contributed by atoms with Crippen LogP contribution in [-0.4, -0.2) is 40.7 Å². The van der Waals surface area contributed by atoms with Gasteiger partial charge in [0.05, 0.1) is 18.3 Å². The summed E-state index contributed by atoms with van der Waals surface area (Å²) in [6, 6.07) is 18.5. The Balaban J connectivity index is 1.32. The number of fused-ring (bicyclic) bond motifs is 3. The topological polar surface area (TPSA) is 118 Å². The molecule has 1 aliphatic rings. The van der Waals surface area contributed by atoms with Crippen molar-refractivity contribution >= 4 is 23.7 Å². The van der Waals surface area contributed by atoms with E-state index in [-0.39, 0.29) is 25.4 Å². The Morgan fingerprint density at radius 2 is 1.65 bits per heavy atom. The van der Waals surface area contributed by atoms with Crippen molar-refractivity contribution in [1.29, 1.82) is 0 Å². The average Bonchev–Trinajstić information content (AvgIpc) is 3.16. The minimum absolute atomic E-state index is 0.0325. The molecule has 0 saturated carbocycles. The molecule has 3 aromatic rings. The number of carbonyl (C=O) groups is 3. The van der Waals surface area contributed by atoms with Crippen LogP contribution in [0.2, 0.25) is 0 Å². The molecule has 0 saturated heterocycles. The Kier molecular flexibility index (Phi) is 6.87. The zero-order chi connectivity index (χ0) is 24.1. The van der Waals surface area contributed by atoms with Gasteiger partial charge in [0.15, 0.2) is 0 Å². The predicted octanol–water partition coefficient (Wildman–Crippen LogP) is 3.96. The molecule has 8 nitrogen and oxygen atoms in total. The molecular formula is C26H25N3O5. The summed E-state index contributed by atoms with van der Waals surface area (Å²) >= 11 is 0. The second-order valence-electron chi connectivity index (χ2n) is 8.03. The lowest BCUT2D eigenvalue weighted by Gasteiger charge is -2.14. The maximum atomic E-state index is 12.4. The highest BCUT2D eigenvalue weighted by Gasteiger charge is 2.29. The van der Waals surface area contributed by atoms with Gasteiger partial charge in [-0.3, -0.25) is 15.1 Å². The van der Waals surface area contributed by atoms with E-state index >= 15 is 0 Å². The Bertz CT molecular complexity index is 1160. The average molecular weight is 460 g/mol. The fourth-order valence-electron chi connectivity index (χ4n) is 4.10. The molecule has 0 bridgehead atoms. The van der Waals surface area contributed by atoms with Crippen LogP contribution in [0, 0.1) is 0 Å². The quantitative estimate of drug-likeness (QED) is 0.469. The number of pyridine rings is 1. The van der Waals surface area contributed by atoms with Crippen LogP contribution in [0.5, 0.6) is 0 Å². The number of nitrogens with one attached hydrogen (secondary N) is 2. The molecule has 4 rings (SSSR count). The summed E-state index contributed by atoms with van der Waals surface area (Å²) in [5.41, 5.74) is 5.46. The lowest BCUT2D eigenvalue weighted by Crippen LogP contribution is -2.41. The molecular weight excluding hydrogens is 434 g/mol. The first-order valence-electron chi connectivity index (χ1n) is 11.1. The summed E-state index contributed by atoms with van der Waals surface area (Å²) < 4.78 is 5.52. The second-order valence-corrected chi connectivity index (χ2v) is 8.03. The molecule has 1 aliphatic carbocycles. The van der Waals surface area contributed by atoms with Gasteiger partial charge in [-0.15, -0.1) is 0 Å². The van der Waals surface area contributed by atoms with Gasteiger partial charge in [-0.25, -0.2) is 9.59 Å². The van der Waals surface area contributed by atoms with Crippen molar-refractivity contribution in [3.63, 3.8) is 0 Å². The van der Waals surface area contributed by atoms with Crippen molar-refractivity contribution in [3.8, 4) is 11.1 Å². The summed E-state index contributed by atoms with van der Waals surface area (Å²) in [7, 11) is 0. The maximum absolute atomic E-state index is 12.4. The summed E-state index contributed by atoms with van der Waals surface area (Å²) in [5, 5.41) is 14.1. The van der Waals surface area contributed by atoms with Gasteiger partial charge in [0, 0.05) is 11.6 Å². The number of ether oxygens (including phenoxy) is 1. The van der Waals surface area contributed by atoms with E-state index in [4.69, 9.17) is 9.84 Å². The summed E-state index contributed by atoms with van der Waals surface area (Å²) in [5.74, 6) is -1.54. The minimum Gasteiger partial charge on any atom is -0.480 e. The number of aromatic nitrogens is 1. The summed E-state index contributed by atoms with van der Waals surface area (Å²) in [6.07, 6.45) is 1.06. The van der Waals surface area contributed by atoms with E-state index in [0.717, 1.165) is 22.3 Å². The fourth-order valence-corrected chi connectivity index (χ4v) is 4.10. The SMILES string of the molecule is CCC(NC(=O)Cc1ccc(NC(=O)OCC2c3ccccc3-c3ccccc32)cn1)C(=O)O. The molecule has 0 spiro atoms. The molecule has 174 valence electrons. The van der Waals surface area contributed by atoms with E-state index in [1.807, 2.05) is 24.3 Å². The van der Waals surface area contributed by atoms with E-state index in [2.05, 4.69) is 39.9 Å². The van der Waals surface area contributed by atoms with Crippen LogP contribution >= 0.6 is 0 Å². The Morgan fingerprint density at radius 1 is 1.00 bits per heavy atom. The van der Waals surface area contributed by atoms with Crippen molar-refractivity contribution in [2.24, 2.45) is 0 Å². The Labute approximate surface area is 197 Å². The minimum atomic E-state index is -1.08. The number of carboxylic acids is 1. The fraction of sp³-hybridized carbons (Fsp3) is 0.231. The van der Waals surface area contributed by atoms with Gasteiger partial charge in [0.2, 0.25) is 5.91 Å². The number of aliphatic carboxylic acids is 1. The van der Waals surface area contributed by atoms with E-state index in [1.165, 1.54) is 6.20 Å². The highest BCUT2D eigenvalue weighted by Crippen LogP contribution is 2.44. The number of carbonyl (C=O) groups excluding carboxylic acids is 2. The number of hydrogen-bond acceptors (Lipinski definition) is 5. The number of nitrogens with zero attached hydrogens (tertiary/aromatic N) is 1. The monoisotopic (exact) mass is 459 g/mol. The van der Waals surface area contributed by atoms with Crippen molar-refractivity contribution in [1.82, 2.24) is 10.3 Å². The van der Waals surface area contributed by atoms with Crippen molar-refractivity contribution in [2.45, 2.75) is 31.7 Å². The van der Waals surface area contributed by atoms with Gasteiger partial charge in [-0.1, -0.05) is 55.5 Å². The third-order valence-electron chi connectivity index (χ3n) is 5.80. The van der Waals surface area contributed by atoms with E-state index in [1.54, 1.807) is 19.1 Å². The maximum Gasteiger partial charge on any atom is 0.411 e. The Morgan fingerprint density at radius 3 is 2.21 bits per heavy atom. The van der Waals surface area contributed by atoms with Gasteiger partial charge in [-0.05, 0) is 40.8 Å². The molecule has 0 radical (unpaired) electrons. The number of carboxylic acid groups (broad SMARTS) is 1. The highest BCUT2D eigenvalue weighted by atomic mass is 16.5. The lowest BCUT2D eigenvalue weighted by molar-refractivity contribution is -0.141. The van der Waals surface area contributed by atoms with Crippen LogP contribution in [0.25, 0.3) is 11.1 Å². The number of rotatable bonds is 8. The number of anilines is 1. The molecule has 1 aromatic heterocycles. The molecule has 8 heteroatoms. The predicted molar refractivity (Wildman–Crippen MR) is 126 cm³/mol. The smallest absolute Gasteiger partial charge is 0.411 e. The highest BCUT2D eigenvalue weighted by molar-refractivity contribution is 5.86. The van der Waals surface area contributed by atoms with Crippen molar-refractivity contribution in [3.05, 3.63) is 83.7 Å². The van der Waals surface area contributed by atoms with Crippen molar-refractivity contribution < 1.29 is 24.2 Å². The molecule has 1 atom stereocenters. The summed E-state index contributed by atoms with van der Waals surface area (Å²) in [6.45, 7) is 1.88. The molecule has 0 aliphatic heterocycles. The van der Waals surface area contributed by atoms with Crippen LogP contribution < -0.4 is 10.6 Å². The van der Waals surface area contributed by atoms with E-state index < -0.39 is 24.0 Å².